The van der Waals surface area contributed by atoms with Crippen molar-refractivity contribution in [2.24, 2.45) is 0 Å². The van der Waals surface area contributed by atoms with E-state index in [1.165, 1.54) is 6.07 Å². The molecule has 2 nitrogen and oxygen atoms in total. The summed E-state index contributed by atoms with van der Waals surface area (Å²) in [6, 6.07) is 6.44. The maximum atomic E-state index is 12.7. The maximum Gasteiger partial charge on any atom is 0.416 e. The van der Waals surface area contributed by atoms with Gasteiger partial charge in [-0.25, -0.2) is 0 Å². The summed E-state index contributed by atoms with van der Waals surface area (Å²) >= 11 is 6.62. The first-order chi connectivity index (χ1) is 9.34. The highest BCUT2D eigenvalue weighted by Crippen LogP contribution is 2.49. The second kappa shape index (κ2) is 4.66. The number of benzene rings is 2. The van der Waals surface area contributed by atoms with E-state index in [4.69, 9.17) is 9.47 Å². The summed E-state index contributed by atoms with van der Waals surface area (Å²) in [6.07, 6.45) is -4.42. The van der Waals surface area contributed by atoms with Gasteiger partial charge in [-0.1, -0.05) is 0 Å². The van der Waals surface area contributed by atoms with Crippen molar-refractivity contribution < 1.29 is 22.6 Å². The van der Waals surface area contributed by atoms with Crippen LogP contribution in [0.25, 0.3) is 0 Å². The molecule has 0 N–H and O–H groups in total. The van der Waals surface area contributed by atoms with Crippen LogP contribution in [0.2, 0.25) is 0 Å². The van der Waals surface area contributed by atoms with E-state index in [0.717, 1.165) is 21.1 Å². The first kappa shape index (κ1) is 13.8. The third kappa shape index (κ3) is 2.40. The van der Waals surface area contributed by atoms with Gasteiger partial charge in [-0.3, -0.25) is 0 Å². The van der Waals surface area contributed by atoms with Gasteiger partial charge >= 0.3 is 6.18 Å². The Hall–Kier alpha value is -1.21. The lowest BCUT2D eigenvalue weighted by molar-refractivity contribution is -0.137. The molecule has 0 amide bonds. The third-order valence-corrected chi connectivity index (χ3v) is 4.54. The molecular weight excluding hydrogens is 405 g/mol. The van der Waals surface area contributed by atoms with Crippen LogP contribution in [0.3, 0.4) is 0 Å². The summed E-state index contributed by atoms with van der Waals surface area (Å²) in [6.45, 7) is 0. The van der Waals surface area contributed by atoms with Crippen molar-refractivity contribution >= 4 is 31.9 Å². The van der Waals surface area contributed by atoms with E-state index in [1.807, 2.05) is 0 Å². The van der Waals surface area contributed by atoms with Crippen molar-refractivity contribution in [3.8, 4) is 23.0 Å². The molecule has 0 bridgehead atoms. The zero-order chi connectivity index (χ0) is 14.5. The summed E-state index contributed by atoms with van der Waals surface area (Å²) in [7, 11) is 0. The molecule has 0 spiro atoms. The minimum atomic E-state index is -4.42. The van der Waals surface area contributed by atoms with E-state index >= 15 is 0 Å². The molecule has 2 aromatic carbocycles. The molecule has 0 fully saturated rings. The number of ether oxygens (including phenoxy) is 2. The summed E-state index contributed by atoms with van der Waals surface area (Å²) in [5.74, 6) is 1.08. The van der Waals surface area contributed by atoms with Crippen LogP contribution in [-0.4, -0.2) is 0 Å². The Morgan fingerprint density at radius 3 is 1.80 bits per heavy atom. The van der Waals surface area contributed by atoms with E-state index in [9.17, 15) is 13.2 Å². The fourth-order valence-electron chi connectivity index (χ4n) is 1.76. The van der Waals surface area contributed by atoms with Gasteiger partial charge in [-0.05, 0) is 50.1 Å². The van der Waals surface area contributed by atoms with Crippen LogP contribution in [-0.2, 0) is 6.18 Å². The number of hydrogen-bond donors (Lipinski definition) is 0. The van der Waals surface area contributed by atoms with Crippen LogP contribution in [0.5, 0.6) is 23.0 Å². The molecule has 1 aliphatic rings. The number of halogens is 5. The average molecular weight is 410 g/mol. The minimum Gasteiger partial charge on any atom is -0.449 e. The summed E-state index contributed by atoms with van der Waals surface area (Å²) in [5.41, 5.74) is -0.778. The van der Waals surface area contributed by atoms with E-state index in [1.54, 1.807) is 12.1 Å². The highest BCUT2D eigenvalue weighted by Gasteiger charge is 2.32. The predicted molar refractivity (Wildman–Crippen MR) is 73.4 cm³/mol. The molecule has 104 valence electrons. The molecule has 0 atom stereocenters. The van der Waals surface area contributed by atoms with E-state index in [0.29, 0.717) is 11.5 Å². The van der Waals surface area contributed by atoms with Gasteiger partial charge in [0.15, 0.2) is 23.0 Å². The van der Waals surface area contributed by atoms with Gasteiger partial charge in [-0.15, -0.1) is 0 Å². The molecule has 1 aliphatic heterocycles. The molecule has 20 heavy (non-hydrogen) atoms. The first-order valence-corrected chi connectivity index (χ1v) is 6.99. The molecule has 2 aromatic rings. The molecule has 7 heteroatoms. The van der Waals surface area contributed by atoms with Gasteiger partial charge in [0.25, 0.3) is 0 Å². The van der Waals surface area contributed by atoms with Crippen molar-refractivity contribution in [3.05, 3.63) is 44.8 Å². The largest absolute Gasteiger partial charge is 0.449 e. The predicted octanol–water partition coefficient (Wildman–Crippen LogP) is 6.13. The molecule has 0 unspecified atom stereocenters. The Labute approximate surface area is 128 Å². The lowest BCUT2D eigenvalue weighted by Gasteiger charge is -2.22. The molecule has 0 aliphatic carbocycles. The average Bonchev–Trinajstić information content (AvgIpc) is 2.36. The van der Waals surface area contributed by atoms with E-state index in [2.05, 4.69) is 31.9 Å². The van der Waals surface area contributed by atoms with Crippen molar-refractivity contribution in [2.75, 3.05) is 0 Å². The SMILES string of the molecule is FC(F)(F)c1ccc2c(c1)Oc1cc(Br)c(Br)cc1O2. The highest BCUT2D eigenvalue weighted by atomic mass is 79.9. The molecule has 0 saturated carbocycles. The standard InChI is InChI=1S/C13H5Br2F3O2/c14-7-4-11-12(5-8(7)15)20-10-3-6(13(16,17)18)1-2-9(10)19-11/h1-5H. The molecule has 0 radical (unpaired) electrons. The minimum absolute atomic E-state index is 0.0431. The zero-order valence-electron chi connectivity index (χ0n) is 9.59. The van der Waals surface area contributed by atoms with Gasteiger partial charge in [0.1, 0.15) is 0 Å². The normalized spacial score (nSPS) is 13.1. The number of alkyl halides is 3. The van der Waals surface area contributed by atoms with Gasteiger partial charge in [0.2, 0.25) is 0 Å². The number of hydrogen-bond acceptors (Lipinski definition) is 2. The van der Waals surface area contributed by atoms with Crippen LogP contribution >= 0.6 is 31.9 Å². The number of rotatable bonds is 0. The Morgan fingerprint density at radius 1 is 0.750 bits per heavy atom. The van der Waals surface area contributed by atoms with E-state index < -0.39 is 11.7 Å². The lowest BCUT2D eigenvalue weighted by atomic mass is 10.2. The van der Waals surface area contributed by atoms with Gasteiger partial charge in [0.05, 0.1) is 5.56 Å². The van der Waals surface area contributed by atoms with Gasteiger partial charge < -0.3 is 9.47 Å². The van der Waals surface area contributed by atoms with Crippen LogP contribution < -0.4 is 9.47 Å². The molecule has 0 saturated heterocycles. The maximum absolute atomic E-state index is 12.7. The Kier molecular flexibility index (Phi) is 3.21. The van der Waals surface area contributed by atoms with Crippen LogP contribution in [0.4, 0.5) is 13.2 Å². The van der Waals surface area contributed by atoms with Crippen LogP contribution in [0.15, 0.2) is 39.3 Å². The Bertz CT molecular complexity index is 699. The smallest absolute Gasteiger partial charge is 0.416 e. The molecule has 1 heterocycles. The van der Waals surface area contributed by atoms with Gasteiger partial charge in [-0.2, -0.15) is 13.2 Å². The topological polar surface area (TPSA) is 18.5 Å². The quantitative estimate of drug-likeness (QED) is 0.444. The third-order valence-electron chi connectivity index (χ3n) is 2.70. The zero-order valence-corrected chi connectivity index (χ0v) is 12.8. The van der Waals surface area contributed by atoms with Gasteiger partial charge in [0, 0.05) is 21.1 Å². The summed E-state index contributed by atoms with van der Waals surface area (Å²) < 4.78 is 50.5. The Morgan fingerprint density at radius 2 is 1.25 bits per heavy atom. The first-order valence-electron chi connectivity index (χ1n) is 5.40. The highest BCUT2D eigenvalue weighted by molar-refractivity contribution is 9.13. The van der Waals surface area contributed by atoms with Crippen molar-refractivity contribution in [2.45, 2.75) is 6.18 Å². The van der Waals surface area contributed by atoms with Crippen molar-refractivity contribution in [1.82, 2.24) is 0 Å². The number of fused-ring (bicyclic) bond motifs is 2. The van der Waals surface area contributed by atoms with Crippen LogP contribution in [0, 0.1) is 0 Å². The fourth-order valence-corrected chi connectivity index (χ4v) is 2.40. The summed E-state index contributed by atoms with van der Waals surface area (Å²) in [5, 5.41) is 0. The monoisotopic (exact) mass is 408 g/mol. The van der Waals surface area contributed by atoms with Crippen LogP contribution in [0.1, 0.15) is 5.56 Å². The summed E-state index contributed by atoms with van der Waals surface area (Å²) in [4.78, 5) is 0. The van der Waals surface area contributed by atoms with Crippen molar-refractivity contribution in [3.63, 3.8) is 0 Å². The lowest BCUT2D eigenvalue weighted by Crippen LogP contribution is -2.06. The van der Waals surface area contributed by atoms with E-state index in [-0.39, 0.29) is 11.5 Å². The molecule has 0 aromatic heterocycles. The Balaban J connectivity index is 2.04. The molecule has 3 rings (SSSR count). The second-order valence-electron chi connectivity index (χ2n) is 4.08. The fraction of sp³-hybridized carbons (Fsp3) is 0.0769. The molecular formula is C13H5Br2F3O2. The second-order valence-corrected chi connectivity index (χ2v) is 5.79. The van der Waals surface area contributed by atoms with Crippen molar-refractivity contribution in [1.29, 1.82) is 0 Å².